The molecule has 0 aromatic rings. The van der Waals surface area contributed by atoms with Crippen LogP contribution >= 0.6 is 0 Å². The third-order valence-electron chi connectivity index (χ3n) is 3.24. The van der Waals surface area contributed by atoms with Gasteiger partial charge in [0.15, 0.2) is 0 Å². The Balaban J connectivity index is 2.73. The number of sulfonamides is 1. The molecule has 1 aliphatic carbocycles. The number of hydrogen-bond acceptors (Lipinski definition) is 3. The van der Waals surface area contributed by atoms with E-state index in [-0.39, 0.29) is 12.4 Å². The lowest BCUT2D eigenvalue weighted by atomic mass is 9.78. The number of rotatable bonds is 5. The van der Waals surface area contributed by atoms with Crippen molar-refractivity contribution in [3.05, 3.63) is 0 Å². The number of aliphatic hydroxyl groups excluding tert-OH is 1. The normalized spacial score (nSPS) is 31.6. The lowest BCUT2D eigenvalue weighted by molar-refractivity contribution is 0.120. The van der Waals surface area contributed by atoms with Crippen LogP contribution in [0.15, 0.2) is 0 Å². The van der Waals surface area contributed by atoms with Gasteiger partial charge in [-0.25, -0.2) is 13.1 Å². The molecule has 5 heteroatoms. The molecular weight excluding hydrogens is 226 g/mol. The van der Waals surface area contributed by atoms with Crippen LogP contribution in [0.3, 0.4) is 0 Å². The van der Waals surface area contributed by atoms with E-state index in [1.807, 2.05) is 6.92 Å². The molecule has 0 spiro atoms. The van der Waals surface area contributed by atoms with Crippen LogP contribution in [0.1, 0.15) is 46.0 Å². The van der Waals surface area contributed by atoms with E-state index in [0.717, 1.165) is 25.7 Å². The van der Waals surface area contributed by atoms with Gasteiger partial charge in [0.25, 0.3) is 0 Å². The van der Waals surface area contributed by atoms with Gasteiger partial charge in [-0.3, -0.25) is 0 Å². The molecule has 0 amide bonds. The fourth-order valence-electron chi connectivity index (χ4n) is 2.58. The van der Waals surface area contributed by atoms with Crippen molar-refractivity contribution in [3.8, 4) is 0 Å². The summed E-state index contributed by atoms with van der Waals surface area (Å²) in [6.07, 6.45) is 4.20. The van der Waals surface area contributed by atoms with Gasteiger partial charge in [0.2, 0.25) is 10.0 Å². The van der Waals surface area contributed by atoms with Crippen LogP contribution in [-0.2, 0) is 10.0 Å². The number of aliphatic hydroxyl groups is 1. The molecular formula is C11H23NO3S. The number of hydrogen-bond donors (Lipinski definition) is 2. The highest BCUT2D eigenvalue weighted by Crippen LogP contribution is 2.32. The highest BCUT2D eigenvalue weighted by molar-refractivity contribution is 7.89. The van der Waals surface area contributed by atoms with Crippen molar-refractivity contribution in [3.63, 3.8) is 0 Å². The molecule has 0 saturated heterocycles. The van der Waals surface area contributed by atoms with Crippen molar-refractivity contribution in [1.82, 2.24) is 4.72 Å². The maximum atomic E-state index is 11.7. The summed E-state index contributed by atoms with van der Waals surface area (Å²) in [5, 5.41) is 9.46. The largest absolute Gasteiger partial charge is 0.394 e. The van der Waals surface area contributed by atoms with Gasteiger partial charge in [0.05, 0.1) is 17.9 Å². The van der Waals surface area contributed by atoms with Crippen LogP contribution in [-0.4, -0.2) is 31.4 Å². The second-order valence-corrected chi connectivity index (χ2v) is 6.90. The second kappa shape index (κ2) is 5.47. The Labute approximate surface area is 98.5 Å². The minimum Gasteiger partial charge on any atom is -0.394 e. The van der Waals surface area contributed by atoms with Crippen molar-refractivity contribution < 1.29 is 13.5 Å². The highest BCUT2D eigenvalue weighted by atomic mass is 32.2. The van der Waals surface area contributed by atoms with E-state index in [1.54, 1.807) is 0 Å². The quantitative estimate of drug-likeness (QED) is 0.771. The van der Waals surface area contributed by atoms with Gasteiger partial charge in [0.1, 0.15) is 0 Å². The Bertz CT molecular complexity index is 315. The molecule has 1 fully saturated rings. The minimum absolute atomic E-state index is 0.0969. The first kappa shape index (κ1) is 13.9. The average molecular weight is 249 g/mol. The molecule has 16 heavy (non-hydrogen) atoms. The first-order valence-corrected chi connectivity index (χ1v) is 7.71. The topological polar surface area (TPSA) is 66.4 Å². The fourth-order valence-corrected chi connectivity index (χ4v) is 4.13. The van der Waals surface area contributed by atoms with Gasteiger partial charge in [-0.15, -0.1) is 0 Å². The molecule has 2 atom stereocenters. The average Bonchev–Trinajstić information content (AvgIpc) is 2.16. The molecule has 1 rings (SSSR count). The molecule has 96 valence electrons. The van der Waals surface area contributed by atoms with E-state index < -0.39 is 15.6 Å². The van der Waals surface area contributed by atoms with E-state index in [4.69, 9.17) is 0 Å². The van der Waals surface area contributed by atoms with Crippen LogP contribution < -0.4 is 4.72 Å². The molecule has 1 aliphatic rings. The Kier molecular flexibility index (Phi) is 4.76. The molecule has 0 bridgehead atoms. The summed E-state index contributed by atoms with van der Waals surface area (Å²) in [6, 6.07) is 0. The SMILES string of the molecule is CCCS(=O)(=O)NC1(CO)CCCC(C)C1. The molecule has 0 heterocycles. The summed E-state index contributed by atoms with van der Waals surface area (Å²) in [5.41, 5.74) is -0.605. The minimum atomic E-state index is -3.24. The summed E-state index contributed by atoms with van der Waals surface area (Å²) in [4.78, 5) is 0. The summed E-state index contributed by atoms with van der Waals surface area (Å²) >= 11 is 0. The van der Waals surface area contributed by atoms with Gasteiger partial charge in [-0.05, 0) is 25.2 Å². The van der Waals surface area contributed by atoms with Gasteiger partial charge < -0.3 is 5.11 Å². The second-order valence-electron chi connectivity index (χ2n) is 5.06. The van der Waals surface area contributed by atoms with Crippen molar-refractivity contribution in [2.75, 3.05) is 12.4 Å². The summed E-state index contributed by atoms with van der Waals surface area (Å²) < 4.78 is 26.2. The van der Waals surface area contributed by atoms with E-state index in [0.29, 0.717) is 12.3 Å². The zero-order valence-electron chi connectivity index (χ0n) is 10.2. The molecule has 0 aliphatic heterocycles. The first-order valence-electron chi connectivity index (χ1n) is 6.05. The Morgan fingerprint density at radius 2 is 2.19 bits per heavy atom. The van der Waals surface area contributed by atoms with Crippen molar-refractivity contribution in [1.29, 1.82) is 0 Å². The lowest BCUT2D eigenvalue weighted by Gasteiger charge is -2.39. The van der Waals surface area contributed by atoms with E-state index in [9.17, 15) is 13.5 Å². The fraction of sp³-hybridized carbons (Fsp3) is 1.00. The monoisotopic (exact) mass is 249 g/mol. The van der Waals surface area contributed by atoms with E-state index >= 15 is 0 Å². The maximum absolute atomic E-state index is 11.7. The Morgan fingerprint density at radius 1 is 1.50 bits per heavy atom. The van der Waals surface area contributed by atoms with Crippen LogP contribution in [0, 0.1) is 5.92 Å². The Morgan fingerprint density at radius 3 is 2.69 bits per heavy atom. The van der Waals surface area contributed by atoms with Crippen LogP contribution in [0.25, 0.3) is 0 Å². The van der Waals surface area contributed by atoms with E-state index in [1.165, 1.54) is 0 Å². The number of nitrogens with one attached hydrogen (secondary N) is 1. The molecule has 0 aromatic carbocycles. The molecule has 0 aromatic heterocycles. The van der Waals surface area contributed by atoms with Gasteiger partial charge in [0, 0.05) is 0 Å². The predicted octanol–water partition coefficient (Wildman–Crippen LogP) is 1.26. The summed E-state index contributed by atoms with van der Waals surface area (Å²) in [5.74, 6) is 0.619. The molecule has 0 radical (unpaired) electrons. The lowest BCUT2D eigenvalue weighted by Crippen LogP contribution is -2.54. The third-order valence-corrected chi connectivity index (χ3v) is 4.93. The zero-order valence-corrected chi connectivity index (χ0v) is 11.0. The molecule has 2 unspecified atom stereocenters. The highest BCUT2D eigenvalue weighted by Gasteiger charge is 2.37. The predicted molar refractivity (Wildman–Crippen MR) is 64.7 cm³/mol. The standard InChI is InChI=1S/C11H23NO3S/c1-3-7-16(14,15)12-11(9-13)6-4-5-10(2)8-11/h10,12-13H,3-9H2,1-2H3. The summed E-state index contributed by atoms with van der Waals surface area (Å²) in [6.45, 7) is 3.85. The van der Waals surface area contributed by atoms with Crippen molar-refractivity contribution in [2.45, 2.75) is 51.5 Å². The first-order chi connectivity index (χ1) is 7.43. The summed E-state index contributed by atoms with van der Waals surface area (Å²) in [7, 11) is -3.24. The van der Waals surface area contributed by atoms with Crippen LogP contribution in [0.5, 0.6) is 0 Å². The third kappa shape index (κ3) is 3.71. The van der Waals surface area contributed by atoms with Gasteiger partial charge in [-0.2, -0.15) is 0 Å². The maximum Gasteiger partial charge on any atom is 0.212 e. The van der Waals surface area contributed by atoms with Crippen molar-refractivity contribution >= 4 is 10.0 Å². The van der Waals surface area contributed by atoms with Gasteiger partial charge in [-0.1, -0.05) is 26.7 Å². The van der Waals surface area contributed by atoms with Gasteiger partial charge >= 0.3 is 0 Å². The van der Waals surface area contributed by atoms with Crippen molar-refractivity contribution in [2.24, 2.45) is 5.92 Å². The zero-order chi connectivity index (χ0) is 12.2. The van der Waals surface area contributed by atoms with E-state index in [2.05, 4.69) is 11.6 Å². The smallest absolute Gasteiger partial charge is 0.212 e. The molecule has 2 N–H and O–H groups in total. The Hall–Kier alpha value is -0.130. The van der Waals surface area contributed by atoms with Crippen LogP contribution in [0.4, 0.5) is 0 Å². The van der Waals surface area contributed by atoms with Crippen LogP contribution in [0.2, 0.25) is 0 Å². The molecule has 1 saturated carbocycles. The molecule has 4 nitrogen and oxygen atoms in total.